The molecule has 0 aromatic carbocycles. The van der Waals surface area contributed by atoms with Crippen molar-refractivity contribution in [3.05, 3.63) is 0 Å². The van der Waals surface area contributed by atoms with E-state index in [-0.39, 0.29) is 30.8 Å². The molecule has 2 saturated heterocycles. The van der Waals surface area contributed by atoms with Crippen molar-refractivity contribution in [2.24, 2.45) is 11.8 Å². The number of carbonyl (C=O) groups excluding carboxylic acids is 3. The molecule has 4 aliphatic rings. The normalized spacial score (nSPS) is 30.4. The molecule has 1 spiro atoms. The lowest BCUT2D eigenvalue weighted by Gasteiger charge is -2.35. The van der Waals surface area contributed by atoms with Gasteiger partial charge in [-0.3, -0.25) is 14.5 Å². The molecule has 0 bridgehead atoms. The molecule has 0 unspecified atom stereocenters. The number of hydrogen-bond donors (Lipinski definition) is 2. The summed E-state index contributed by atoms with van der Waals surface area (Å²) in [5, 5.41) is 6.53. The molecule has 0 radical (unpaired) electrons. The first-order valence-corrected chi connectivity index (χ1v) is 11.2. The molecule has 7 nitrogen and oxygen atoms in total. The lowest BCUT2D eigenvalue weighted by atomic mass is 9.75. The van der Waals surface area contributed by atoms with Crippen LogP contribution in [0.25, 0.3) is 0 Å². The van der Waals surface area contributed by atoms with Gasteiger partial charge in [0, 0.05) is 19.1 Å². The summed E-state index contributed by atoms with van der Waals surface area (Å²) in [4.78, 5) is 41.1. The number of likely N-dealkylation sites (tertiary alicyclic amines) is 1. The fourth-order valence-electron chi connectivity index (χ4n) is 4.96. The highest BCUT2D eigenvalue weighted by Crippen LogP contribution is 2.37. The maximum atomic E-state index is 13.0. The second kappa shape index (κ2) is 9.21. The van der Waals surface area contributed by atoms with Crippen LogP contribution in [0, 0.1) is 11.8 Å². The third-order valence-corrected chi connectivity index (χ3v) is 7.32. The number of nitrogens with one attached hydrogen (secondary N) is 2. The maximum absolute atomic E-state index is 13.0. The second-order valence-electron chi connectivity index (χ2n) is 9.26. The minimum atomic E-state index is -0.761. The molecule has 2 heterocycles. The van der Waals surface area contributed by atoms with Gasteiger partial charge in [-0.1, -0.05) is 13.3 Å². The molecule has 164 valence electrons. The second-order valence-corrected chi connectivity index (χ2v) is 9.26. The van der Waals surface area contributed by atoms with Gasteiger partial charge in [0.1, 0.15) is 12.1 Å². The Morgan fingerprint density at radius 1 is 1.07 bits per heavy atom. The molecule has 2 saturated carbocycles. The fraction of sp³-hybridized carbons (Fsp3) is 0.857. The zero-order chi connectivity index (χ0) is 19.7. The smallest absolute Gasteiger partial charge is 0.325 e. The maximum Gasteiger partial charge on any atom is 0.325 e. The predicted octanol–water partition coefficient (Wildman–Crippen LogP) is 2.29. The van der Waals surface area contributed by atoms with Crippen molar-refractivity contribution in [3.63, 3.8) is 0 Å². The van der Waals surface area contributed by atoms with Gasteiger partial charge in [-0.05, 0) is 69.7 Å². The fourth-order valence-corrected chi connectivity index (χ4v) is 4.96. The Labute approximate surface area is 179 Å². The van der Waals surface area contributed by atoms with Gasteiger partial charge < -0.3 is 15.5 Å². The van der Waals surface area contributed by atoms with Gasteiger partial charge >= 0.3 is 6.03 Å². The molecule has 2 aliphatic heterocycles. The summed E-state index contributed by atoms with van der Waals surface area (Å²) >= 11 is 0. The van der Waals surface area contributed by atoms with Crippen LogP contribution in [-0.4, -0.2) is 65.4 Å². The van der Waals surface area contributed by atoms with Crippen LogP contribution in [0.2, 0.25) is 0 Å². The molecule has 4 amide bonds. The summed E-state index contributed by atoms with van der Waals surface area (Å²) in [7, 11) is 0. The van der Waals surface area contributed by atoms with E-state index in [4.69, 9.17) is 0 Å². The predicted molar refractivity (Wildman–Crippen MR) is 113 cm³/mol. The van der Waals surface area contributed by atoms with Gasteiger partial charge in [-0.15, -0.1) is 12.4 Å². The molecule has 4 fully saturated rings. The van der Waals surface area contributed by atoms with E-state index in [9.17, 15) is 14.4 Å². The highest BCUT2D eigenvalue weighted by atomic mass is 35.5. The summed E-state index contributed by atoms with van der Waals surface area (Å²) in [5.41, 5.74) is -0.761. The Morgan fingerprint density at radius 2 is 1.72 bits per heavy atom. The van der Waals surface area contributed by atoms with E-state index in [1.54, 1.807) is 0 Å². The molecule has 29 heavy (non-hydrogen) atoms. The van der Waals surface area contributed by atoms with E-state index in [1.807, 2.05) is 4.90 Å². The highest BCUT2D eigenvalue weighted by molar-refractivity contribution is 6.09. The van der Waals surface area contributed by atoms with Crippen LogP contribution in [0.3, 0.4) is 0 Å². The first kappa shape index (κ1) is 22.3. The summed E-state index contributed by atoms with van der Waals surface area (Å²) in [6.07, 6.45) is 9.01. The Hall–Kier alpha value is -1.34. The number of urea groups is 1. The molecule has 4 rings (SSSR count). The van der Waals surface area contributed by atoms with E-state index in [1.165, 1.54) is 12.8 Å². The Bertz CT molecular complexity index is 623. The molecular weight excluding hydrogens is 392 g/mol. The molecule has 0 aromatic rings. The number of piperidine rings is 1. The lowest BCUT2D eigenvalue weighted by Crippen LogP contribution is -2.51. The average Bonchev–Trinajstić information content (AvgIpc) is 3.51. The summed E-state index contributed by atoms with van der Waals surface area (Å²) in [5.74, 6) is 1.20. The van der Waals surface area contributed by atoms with Gasteiger partial charge in [0.15, 0.2) is 0 Å². The minimum Gasteiger partial charge on any atom is -0.341 e. The zero-order valence-electron chi connectivity index (χ0n) is 17.5. The molecule has 2 aliphatic carbocycles. The van der Waals surface area contributed by atoms with Crippen LogP contribution in [0.15, 0.2) is 0 Å². The number of carbonyl (C=O) groups is 3. The van der Waals surface area contributed by atoms with Crippen LogP contribution >= 0.6 is 12.4 Å². The van der Waals surface area contributed by atoms with Gasteiger partial charge in [-0.25, -0.2) is 4.79 Å². The van der Waals surface area contributed by atoms with Crippen molar-refractivity contribution >= 4 is 30.3 Å². The number of halogens is 1. The minimum absolute atomic E-state index is 0. The first-order valence-electron chi connectivity index (χ1n) is 11.2. The van der Waals surface area contributed by atoms with Gasteiger partial charge in [0.2, 0.25) is 5.91 Å². The van der Waals surface area contributed by atoms with Crippen molar-refractivity contribution in [2.45, 2.75) is 76.3 Å². The summed E-state index contributed by atoms with van der Waals surface area (Å²) in [6, 6.07) is 0.0904. The molecule has 0 aromatic heterocycles. The van der Waals surface area contributed by atoms with E-state index < -0.39 is 11.6 Å². The summed E-state index contributed by atoms with van der Waals surface area (Å²) in [6.45, 7) is 4.56. The van der Waals surface area contributed by atoms with Crippen molar-refractivity contribution in [1.82, 2.24) is 20.4 Å². The van der Waals surface area contributed by atoms with E-state index in [0.717, 1.165) is 49.5 Å². The highest BCUT2D eigenvalue weighted by Gasteiger charge is 2.52. The Morgan fingerprint density at radius 3 is 2.31 bits per heavy atom. The van der Waals surface area contributed by atoms with Crippen LogP contribution in [-0.2, 0) is 9.59 Å². The third kappa shape index (κ3) is 4.88. The number of amides is 4. The number of imide groups is 1. The van der Waals surface area contributed by atoms with E-state index >= 15 is 0 Å². The van der Waals surface area contributed by atoms with Crippen LogP contribution < -0.4 is 10.6 Å². The van der Waals surface area contributed by atoms with Crippen LogP contribution in [0.1, 0.15) is 64.7 Å². The molecule has 8 heteroatoms. The Kier molecular flexibility index (Phi) is 7.10. The molecule has 2 N–H and O–H groups in total. The van der Waals surface area contributed by atoms with Gasteiger partial charge in [-0.2, -0.15) is 0 Å². The van der Waals surface area contributed by atoms with E-state index in [0.29, 0.717) is 37.9 Å². The number of nitrogens with zero attached hydrogens (tertiary/aromatic N) is 2. The summed E-state index contributed by atoms with van der Waals surface area (Å²) < 4.78 is 0. The number of rotatable bonds is 6. The quantitative estimate of drug-likeness (QED) is 0.638. The Balaban J connectivity index is 0.00000240. The van der Waals surface area contributed by atoms with Crippen LogP contribution in [0.5, 0.6) is 0 Å². The SMILES string of the molecule is CCC1CCC2(CC1)NC(=O)N(CC(=O)N1CCC(NCC3CC3)CC1)C2=O.Cl. The molecule has 0 atom stereocenters. The first-order chi connectivity index (χ1) is 13.5. The lowest BCUT2D eigenvalue weighted by molar-refractivity contribution is -0.140. The van der Waals surface area contributed by atoms with Gasteiger partial charge in [0.05, 0.1) is 0 Å². The van der Waals surface area contributed by atoms with Crippen molar-refractivity contribution in [1.29, 1.82) is 0 Å². The van der Waals surface area contributed by atoms with Gasteiger partial charge in [0.25, 0.3) is 5.91 Å². The van der Waals surface area contributed by atoms with Crippen LogP contribution in [0.4, 0.5) is 4.79 Å². The largest absolute Gasteiger partial charge is 0.341 e. The van der Waals surface area contributed by atoms with Crippen molar-refractivity contribution < 1.29 is 14.4 Å². The third-order valence-electron chi connectivity index (χ3n) is 7.32. The number of hydrogen-bond acceptors (Lipinski definition) is 4. The van der Waals surface area contributed by atoms with E-state index in [2.05, 4.69) is 17.6 Å². The standard InChI is InChI=1S/C21H34N4O3.ClH/c1-2-15-5-9-21(10-6-15)19(27)25(20(28)23-21)14-18(26)24-11-7-17(8-12-24)22-13-16-3-4-16;/h15-17,22H,2-14H2,1H3,(H,23,28);1H. The topological polar surface area (TPSA) is 81.8 Å². The average molecular weight is 427 g/mol. The van der Waals surface area contributed by atoms with Crippen molar-refractivity contribution in [2.75, 3.05) is 26.2 Å². The zero-order valence-corrected chi connectivity index (χ0v) is 18.3. The van der Waals surface area contributed by atoms with Crippen molar-refractivity contribution in [3.8, 4) is 0 Å². The molecular formula is C21H35ClN4O3. The monoisotopic (exact) mass is 426 g/mol.